The molecule has 0 aliphatic heterocycles. The standard InChI is InChI=1S/C27H34FNO3.ClH/c1-5-7-8-11-32-24-13-17(3)12-18(4)26(24)20-14-21(19-9-10-19)27(28)22(15-20)23(29)16-25(30)31-6-2;/h5,12-15,19,23H,1,6-11,16,29H2,2-4H3;1H/t23-;/m0./s1. The summed E-state index contributed by atoms with van der Waals surface area (Å²) in [4.78, 5) is 12.0. The maximum absolute atomic E-state index is 15.4. The van der Waals surface area contributed by atoms with E-state index in [1.165, 1.54) is 0 Å². The Balaban J connectivity index is 0.00000385. The number of hydrogen-bond acceptors (Lipinski definition) is 4. The van der Waals surface area contributed by atoms with E-state index in [0.29, 0.717) is 17.7 Å². The van der Waals surface area contributed by atoms with Gasteiger partial charge in [0.05, 0.1) is 19.6 Å². The number of nitrogens with two attached hydrogens (primary N) is 1. The lowest BCUT2D eigenvalue weighted by Crippen LogP contribution is -2.19. The van der Waals surface area contributed by atoms with E-state index in [-0.39, 0.29) is 37.2 Å². The van der Waals surface area contributed by atoms with Gasteiger partial charge in [-0.3, -0.25) is 4.79 Å². The van der Waals surface area contributed by atoms with Crippen LogP contribution in [-0.4, -0.2) is 19.2 Å². The second-order valence-corrected chi connectivity index (χ2v) is 8.59. The van der Waals surface area contributed by atoms with Gasteiger partial charge in [0.15, 0.2) is 0 Å². The Bertz CT molecular complexity index is 988. The second kappa shape index (κ2) is 12.2. The number of allylic oxidation sites excluding steroid dienone is 1. The molecule has 4 nitrogen and oxygen atoms in total. The van der Waals surface area contributed by atoms with Crippen LogP contribution in [0.25, 0.3) is 11.1 Å². The van der Waals surface area contributed by atoms with Crippen molar-refractivity contribution in [2.45, 2.75) is 64.8 Å². The minimum absolute atomic E-state index is 0. The van der Waals surface area contributed by atoms with Gasteiger partial charge in [-0.25, -0.2) is 4.39 Å². The molecule has 1 saturated carbocycles. The van der Waals surface area contributed by atoms with E-state index in [9.17, 15) is 4.79 Å². The molecule has 0 spiro atoms. The third-order valence-electron chi connectivity index (χ3n) is 5.78. The first-order valence-electron chi connectivity index (χ1n) is 11.5. The molecule has 1 fully saturated rings. The van der Waals surface area contributed by atoms with Crippen molar-refractivity contribution < 1.29 is 18.7 Å². The Kier molecular flexibility index (Phi) is 9.93. The molecule has 0 amide bonds. The third kappa shape index (κ3) is 6.81. The topological polar surface area (TPSA) is 61.5 Å². The van der Waals surface area contributed by atoms with Crippen LogP contribution in [0.15, 0.2) is 36.9 Å². The van der Waals surface area contributed by atoms with Crippen molar-refractivity contribution in [2.75, 3.05) is 13.2 Å². The first-order valence-corrected chi connectivity index (χ1v) is 11.5. The molecule has 0 radical (unpaired) electrons. The fourth-order valence-corrected chi connectivity index (χ4v) is 4.11. The number of carbonyl (C=O) groups excluding carboxylic acids is 1. The third-order valence-corrected chi connectivity index (χ3v) is 5.78. The average Bonchev–Trinajstić information content (AvgIpc) is 3.56. The second-order valence-electron chi connectivity index (χ2n) is 8.59. The van der Waals surface area contributed by atoms with Gasteiger partial charge < -0.3 is 15.2 Å². The SMILES string of the molecule is C=CCCCOc1cc(C)cc(C)c1-c1cc(C2CC2)c(F)c([C@@H](N)CC(=O)OCC)c1.Cl. The maximum atomic E-state index is 15.4. The van der Waals surface area contributed by atoms with Gasteiger partial charge in [0, 0.05) is 17.2 Å². The molecule has 180 valence electrons. The zero-order valence-electron chi connectivity index (χ0n) is 19.8. The molecule has 1 aliphatic rings. The molecular weight excluding hydrogens is 441 g/mol. The van der Waals surface area contributed by atoms with Gasteiger partial charge in [-0.15, -0.1) is 19.0 Å². The summed E-state index contributed by atoms with van der Waals surface area (Å²) in [7, 11) is 0. The number of aryl methyl sites for hydroxylation is 2. The monoisotopic (exact) mass is 475 g/mol. The fraction of sp³-hybridized carbons (Fsp3) is 0.444. The van der Waals surface area contributed by atoms with Crippen molar-refractivity contribution in [2.24, 2.45) is 5.73 Å². The van der Waals surface area contributed by atoms with Crippen LogP contribution in [-0.2, 0) is 9.53 Å². The maximum Gasteiger partial charge on any atom is 0.307 e. The molecule has 0 aromatic heterocycles. The molecule has 0 bridgehead atoms. The number of rotatable bonds is 11. The first kappa shape index (κ1) is 26.9. The van der Waals surface area contributed by atoms with Crippen LogP contribution in [0.2, 0.25) is 0 Å². The molecule has 2 N–H and O–H groups in total. The zero-order chi connectivity index (χ0) is 23.3. The number of benzene rings is 2. The Morgan fingerprint density at radius 1 is 1.27 bits per heavy atom. The summed E-state index contributed by atoms with van der Waals surface area (Å²) in [5.74, 6) is 0.262. The van der Waals surface area contributed by atoms with Crippen molar-refractivity contribution >= 4 is 18.4 Å². The number of ether oxygens (including phenoxy) is 2. The molecule has 3 rings (SSSR count). The first-order chi connectivity index (χ1) is 15.3. The summed E-state index contributed by atoms with van der Waals surface area (Å²) < 4.78 is 26.6. The predicted molar refractivity (Wildman–Crippen MR) is 134 cm³/mol. The normalized spacial score (nSPS) is 13.7. The molecule has 2 aromatic rings. The van der Waals surface area contributed by atoms with Crippen molar-refractivity contribution in [3.63, 3.8) is 0 Å². The van der Waals surface area contributed by atoms with E-state index in [1.54, 1.807) is 13.0 Å². The minimum atomic E-state index is -0.769. The highest BCUT2D eigenvalue weighted by Gasteiger charge is 2.30. The predicted octanol–water partition coefficient (Wildman–Crippen LogP) is 6.71. The smallest absolute Gasteiger partial charge is 0.307 e. The van der Waals surface area contributed by atoms with E-state index in [2.05, 4.69) is 12.6 Å². The lowest BCUT2D eigenvalue weighted by Gasteiger charge is -2.20. The molecule has 2 aromatic carbocycles. The van der Waals surface area contributed by atoms with E-state index in [1.807, 2.05) is 32.1 Å². The van der Waals surface area contributed by atoms with Gasteiger partial charge in [0.25, 0.3) is 0 Å². The Labute approximate surface area is 202 Å². The lowest BCUT2D eigenvalue weighted by molar-refractivity contribution is -0.143. The van der Waals surface area contributed by atoms with Crippen LogP contribution in [0.1, 0.15) is 73.2 Å². The Morgan fingerprint density at radius 3 is 2.64 bits per heavy atom. The summed E-state index contributed by atoms with van der Waals surface area (Å²) in [6.45, 7) is 10.4. The van der Waals surface area contributed by atoms with Crippen molar-refractivity contribution in [1.82, 2.24) is 0 Å². The van der Waals surface area contributed by atoms with Gasteiger partial charge in [-0.05, 0) is 92.8 Å². The average molecular weight is 476 g/mol. The van der Waals surface area contributed by atoms with Crippen LogP contribution in [0.3, 0.4) is 0 Å². The molecular formula is C27H35ClFNO3. The molecule has 0 heterocycles. The van der Waals surface area contributed by atoms with Gasteiger partial charge in [0.2, 0.25) is 0 Å². The summed E-state index contributed by atoms with van der Waals surface area (Å²) in [5, 5.41) is 0. The van der Waals surface area contributed by atoms with Crippen molar-refractivity contribution in [1.29, 1.82) is 0 Å². The van der Waals surface area contributed by atoms with Crippen LogP contribution in [0.4, 0.5) is 4.39 Å². The van der Waals surface area contributed by atoms with Gasteiger partial charge in [0.1, 0.15) is 11.6 Å². The van der Waals surface area contributed by atoms with Crippen LogP contribution in [0.5, 0.6) is 5.75 Å². The van der Waals surface area contributed by atoms with Crippen LogP contribution < -0.4 is 10.5 Å². The number of esters is 1. The fourth-order valence-electron chi connectivity index (χ4n) is 4.11. The van der Waals surface area contributed by atoms with E-state index < -0.39 is 12.0 Å². The van der Waals surface area contributed by atoms with E-state index in [0.717, 1.165) is 53.7 Å². The summed E-state index contributed by atoms with van der Waals surface area (Å²) >= 11 is 0. The van der Waals surface area contributed by atoms with Gasteiger partial charge in [-0.2, -0.15) is 0 Å². The van der Waals surface area contributed by atoms with Crippen molar-refractivity contribution in [3.05, 3.63) is 65.0 Å². The molecule has 6 heteroatoms. The van der Waals surface area contributed by atoms with Crippen LogP contribution >= 0.6 is 12.4 Å². The molecule has 0 unspecified atom stereocenters. The number of hydrogen-bond donors (Lipinski definition) is 1. The Hall–Kier alpha value is -2.37. The highest BCUT2D eigenvalue weighted by atomic mass is 35.5. The number of unbranched alkanes of at least 4 members (excludes halogenated alkanes) is 1. The van der Waals surface area contributed by atoms with Crippen LogP contribution in [0, 0.1) is 19.7 Å². The largest absolute Gasteiger partial charge is 0.493 e. The molecule has 1 aliphatic carbocycles. The Morgan fingerprint density at radius 2 is 2.00 bits per heavy atom. The number of halogens is 2. The zero-order valence-corrected chi connectivity index (χ0v) is 20.6. The molecule has 1 atom stereocenters. The van der Waals surface area contributed by atoms with Gasteiger partial charge >= 0.3 is 5.97 Å². The summed E-state index contributed by atoms with van der Waals surface area (Å²) in [6, 6.07) is 7.06. The summed E-state index contributed by atoms with van der Waals surface area (Å²) in [6.07, 6.45) is 5.51. The quantitative estimate of drug-likeness (QED) is 0.223. The van der Waals surface area contributed by atoms with E-state index >= 15 is 4.39 Å². The summed E-state index contributed by atoms with van der Waals surface area (Å²) in [5.41, 5.74) is 11.3. The lowest BCUT2D eigenvalue weighted by atomic mass is 9.90. The van der Waals surface area contributed by atoms with E-state index in [4.69, 9.17) is 15.2 Å². The number of carbonyl (C=O) groups is 1. The minimum Gasteiger partial charge on any atom is -0.493 e. The highest BCUT2D eigenvalue weighted by molar-refractivity contribution is 5.85. The molecule has 0 saturated heterocycles. The van der Waals surface area contributed by atoms with Crippen molar-refractivity contribution in [3.8, 4) is 16.9 Å². The highest BCUT2D eigenvalue weighted by Crippen LogP contribution is 2.45. The molecule has 33 heavy (non-hydrogen) atoms. The van der Waals surface area contributed by atoms with Gasteiger partial charge in [-0.1, -0.05) is 12.1 Å².